The van der Waals surface area contributed by atoms with E-state index in [1.807, 2.05) is 46.5 Å². The van der Waals surface area contributed by atoms with E-state index in [9.17, 15) is 4.79 Å². The number of hydrogen-bond donors (Lipinski definition) is 1. The molecule has 0 aliphatic carbocycles. The summed E-state index contributed by atoms with van der Waals surface area (Å²) in [6.07, 6.45) is 6.59. The van der Waals surface area contributed by atoms with Crippen molar-refractivity contribution in [3.63, 3.8) is 0 Å². The van der Waals surface area contributed by atoms with Gasteiger partial charge in [-0.1, -0.05) is 13.8 Å². The molecule has 29 heavy (non-hydrogen) atoms. The fourth-order valence-electron chi connectivity index (χ4n) is 3.64. The maximum Gasteiger partial charge on any atom is 0.410 e. The number of piperidine rings is 1. The van der Waals surface area contributed by atoms with E-state index in [1.54, 1.807) is 11.9 Å². The molecule has 3 unspecified atom stereocenters. The molecule has 3 atom stereocenters. The van der Waals surface area contributed by atoms with Crippen molar-refractivity contribution >= 4 is 12.1 Å². The van der Waals surface area contributed by atoms with Crippen molar-refractivity contribution in [3.05, 3.63) is 18.7 Å². The highest BCUT2D eigenvalue weighted by atomic mass is 16.6. The van der Waals surface area contributed by atoms with Crippen LogP contribution < -0.4 is 5.32 Å². The summed E-state index contributed by atoms with van der Waals surface area (Å²) in [5.41, 5.74) is -0.480. The van der Waals surface area contributed by atoms with Crippen molar-refractivity contribution in [2.45, 2.75) is 52.7 Å². The van der Waals surface area contributed by atoms with Gasteiger partial charge in [0.1, 0.15) is 5.60 Å². The Morgan fingerprint density at radius 2 is 2.17 bits per heavy atom. The van der Waals surface area contributed by atoms with Crippen LogP contribution in [0.15, 0.2) is 23.7 Å². The largest absolute Gasteiger partial charge is 0.444 e. The fourth-order valence-corrected chi connectivity index (χ4v) is 3.64. The van der Waals surface area contributed by atoms with Crippen molar-refractivity contribution in [1.29, 1.82) is 0 Å². The molecule has 0 aromatic carbocycles. The SMILES string of the molecule is CN=C(NCC(C)CN(C)C(=O)OC(C)(C)C)N1CCC(C)C(n2ccnc2)C1. The number of ether oxygens (including phenoxy) is 1. The lowest BCUT2D eigenvalue weighted by molar-refractivity contribution is 0.0277. The quantitative estimate of drug-likeness (QED) is 0.601. The summed E-state index contributed by atoms with van der Waals surface area (Å²) in [4.78, 5) is 24.8. The minimum Gasteiger partial charge on any atom is -0.444 e. The van der Waals surface area contributed by atoms with Crippen molar-refractivity contribution in [3.8, 4) is 0 Å². The van der Waals surface area contributed by atoms with Crippen LogP contribution in [-0.2, 0) is 4.74 Å². The number of rotatable bonds is 5. The summed E-state index contributed by atoms with van der Waals surface area (Å²) < 4.78 is 7.62. The summed E-state index contributed by atoms with van der Waals surface area (Å²) in [6, 6.07) is 0.389. The van der Waals surface area contributed by atoms with Gasteiger partial charge in [-0.15, -0.1) is 0 Å². The number of hydrogen-bond acceptors (Lipinski definition) is 4. The van der Waals surface area contributed by atoms with Crippen LogP contribution in [0.1, 0.15) is 47.1 Å². The van der Waals surface area contributed by atoms with Crippen molar-refractivity contribution in [2.24, 2.45) is 16.8 Å². The van der Waals surface area contributed by atoms with E-state index in [4.69, 9.17) is 4.74 Å². The van der Waals surface area contributed by atoms with Crippen LogP contribution in [0.3, 0.4) is 0 Å². The van der Waals surface area contributed by atoms with E-state index >= 15 is 0 Å². The number of imidazole rings is 1. The number of amides is 1. The summed E-state index contributed by atoms with van der Waals surface area (Å²) in [7, 11) is 3.60. The molecule has 164 valence electrons. The maximum atomic E-state index is 12.2. The molecular formula is C21H38N6O2. The second-order valence-corrected chi connectivity index (χ2v) is 9.18. The van der Waals surface area contributed by atoms with Crippen molar-refractivity contribution < 1.29 is 9.53 Å². The average molecular weight is 407 g/mol. The van der Waals surface area contributed by atoms with Gasteiger partial charge in [0.25, 0.3) is 0 Å². The van der Waals surface area contributed by atoms with Crippen molar-refractivity contribution in [2.75, 3.05) is 40.3 Å². The Labute approximate surface area is 175 Å². The van der Waals surface area contributed by atoms with Gasteiger partial charge >= 0.3 is 6.09 Å². The second kappa shape index (κ2) is 9.98. The van der Waals surface area contributed by atoms with Gasteiger partial charge in [-0.05, 0) is 39.0 Å². The van der Waals surface area contributed by atoms with Gasteiger partial charge in [-0.25, -0.2) is 9.78 Å². The molecule has 8 heteroatoms. The molecule has 2 heterocycles. The molecule has 1 N–H and O–H groups in total. The molecule has 0 bridgehead atoms. The zero-order valence-corrected chi connectivity index (χ0v) is 19.1. The van der Waals surface area contributed by atoms with Gasteiger partial charge in [0, 0.05) is 52.7 Å². The molecule has 1 aliphatic rings. The van der Waals surface area contributed by atoms with E-state index in [0.717, 1.165) is 32.0 Å². The third kappa shape index (κ3) is 6.94. The molecule has 1 fully saturated rings. The van der Waals surface area contributed by atoms with Gasteiger partial charge in [-0.2, -0.15) is 0 Å². The number of carbonyl (C=O) groups excluding carboxylic acids is 1. The predicted molar refractivity (Wildman–Crippen MR) is 116 cm³/mol. The molecule has 0 spiro atoms. The summed E-state index contributed by atoms with van der Waals surface area (Å²) in [6.45, 7) is 13.3. The van der Waals surface area contributed by atoms with Crippen LogP contribution in [0, 0.1) is 11.8 Å². The van der Waals surface area contributed by atoms with E-state index in [0.29, 0.717) is 18.5 Å². The van der Waals surface area contributed by atoms with Gasteiger partial charge in [0.2, 0.25) is 0 Å². The number of carbonyl (C=O) groups is 1. The maximum absolute atomic E-state index is 12.2. The number of nitrogens with one attached hydrogen (secondary N) is 1. The van der Waals surface area contributed by atoms with Crippen LogP contribution in [0.5, 0.6) is 0 Å². The van der Waals surface area contributed by atoms with Crippen LogP contribution in [-0.4, -0.2) is 77.3 Å². The Balaban J connectivity index is 1.86. The zero-order chi connectivity index (χ0) is 21.6. The number of likely N-dealkylation sites (tertiary alicyclic amines) is 1. The van der Waals surface area contributed by atoms with E-state index in [1.165, 1.54) is 0 Å². The number of nitrogens with zero attached hydrogens (tertiary/aromatic N) is 5. The summed E-state index contributed by atoms with van der Waals surface area (Å²) in [5, 5.41) is 3.48. The van der Waals surface area contributed by atoms with Crippen LogP contribution in [0.25, 0.3) is 0 Å². The molecule has 1 aromatic heterocycles. The number of aromatic nitrogens is 2. The second-order valence-electron chi connectivity index (χ2n) is 9.18. The van der Waals surface area contributed by atoms with Gasteiger partial charge in [-0.3, -0.25) is 4.99 Å². The van der Waals surface area contributed by atoms with Gasteiger partial charge in [0.05, 0.1) is 12.4 Å². The van der Waals surface area contributed by atoms with Crippen LogP contribution in [0.4, 0.5) is 4.79 Å². The van der Waals surface area contributed by atoms with E-state index < -0.39 is 5.60 Å². The molecule has 2 rings (SSSR count). The van der Waals surface area contributed by atoms with Crippen LogP contribution >= 0.6 is 0 Å². The normalized spacial score (nSPS) is 21.6. The first-order valence-corrected chi connectivity index (χ1v) is 10.5. The summed E-state index contributed by atoms with van der Waals surface area (Å²) >= 11 is 0. The standard InChI is InChI=1S/C21H38N6O2/c1-16(13-25(7)20(28)29-21(3,4)5)12-24-19(22-6)26-10-8-17(2)18(14-26)27-11-9-23-15-27/h9,11,15-18H,8,10,12-14H2,1-7H3,(H,22,24). The fraction of sp³-hybridized carbons (Fsp3) is 0.762. The lowest BCUT2D eigenvalue weighted by Gasteiger charge is -2.39. The smallest absolute Gasteiger partial charge is 0.410 e. The molecule has 8 nitrogen and oxygen atoms in total. The average Bonchev–Trinajstić information content (AvgIpc) is 3.16. The van der Waals surface area contributed by atoms with Gasteiger partial charge in [0.15, 0.2) is 5.96 Å². The predicted octanol–water partition coefficient (Wildman–Crippen LogP) is 2.84. The third-order valence-corrected chi connectivity index (χ3v) is 5.24. The number of aliphatic imine (C=N–C) groups is 1. The molecular weight excluding hydrogens is 368 g/mol. The first kappa shape index (κ1) is 23.0. The lowest BCUT2D eigenvalue weighted by Crippen LogP contribution is -2.50. The van der Waals surface area contributed by atoms with E-state index in [2.05, 4.69) is 38.6 Å². The van der Waals surface area contributed by atoms with Crippen molar-refractivity contribution in [1.82, 2.24) is 24.7 Å². The topological polar surface area (TPSA) is 75.0 Å². The Kier molecular flexibility index (Phi) is 7.93. The van der Waals surface area contributed by atoms with E-state index in [-0.39, 0.29) is 12.0 Å². The minimum absolute atomic E-state index is 0.262. The molecule has 1 amide bonds. The third-order valence-electron chi connectivity index (χ3n) is 5.24. The van der Waals surface area contributed by atoms with Crippen LogP contribution in [0.2, 0.25) is 0 Å². The first-order valence-electron chi connectivity index (χ1n) is 10.5. The Morgan fingerprint density at radius 1 is 1.45 bits per heavy atom. The highest BCUT2D eigenvalue weighted by molar-refractivity contribution is 5.80. The molecule has 1 saturated heterocycles. The lowest BCUT2D eigenvalue weighted by atomic mass is 9.93. The highest BCUT2D eigenvalue weighted by Gasteiger charge is 2.29. The zero-order valence-electron chi connectivity index (χ0n) is 19.1. The summed E-state index contributed by atoms with van der Waals surface area (Å²) in [5.74, 6) is 1.77. The minimum atomic E-state index is -0.480. The Hall–Kier alpha value is -2.25. The molecule has 1 aromatic rings. The molecule has 0 saturated carbocycles. The Bertz CT molecular complexity index is 667. The highest BCUT2D eigenvalue weighted by Crippen LogP contribution is 2.27. The first-order chi connectivity index (χ1) is 13.6. The Morgan fingerprint density at radius 3 is 2.76 bits per heavy atom. The van der Waals surface area contributed by atoms with Gasteiger partial charge < -0.3 is 24.4 Å². The monoisotopic (exact) mass is 406 g/mol. The molecule has 1 aliphatic heterocycles. The molecule has 0 radical (unpaired) electrons. The number of guanidine groups is 1.